The normalized spacial score (nSPS) is 13.8. The number of fused-ring (bicyclic) bond motifs is 1. The summed E-state index contributed by atoms with van der Waals surface area (Å²) in [7, 11) is 0. The van der Waals surface area contributed by atoms with Gasteiger partial charge in [-0.3, -0.25) is 9.59 Å². The monoisotopic (exact) mass is 446 g/mol. The lowest BCUT2D eigenvalue weighted by Gasteiger charge is -2.26. The second-order valence-electron chi connectivity index (χ2n) is 8.31. The average Bonchev–Trinajstić information content (AvgIpc) is 3.14. The first-order valence-corrected chi connectivity index (χ1v) is 11.7. The zero-order valence-corrected chi connectivity index (χ0v) is 19.4. The zero-order chi connectivity index (χ0) is 22.8. The summed E-state index contributed by atoms with van der Waals surface area (Å²) in [5, 5.41) is 12.8. The Bertz CT molecular complexity index is 1230. The molecule has 1 aliphatic heterocycles. The van der Waals surface area contributed by atoms with Crippen LogP contribution in [0.25, 0.3) is 10.2 Å². The van der Waals surface area contributed by atoms with Gasteiger partial charge in [0.1, 0.15) is 9.71 Å². The van der Waals surface area contributed by atoms with Crippen LogP contribution in [-0.4, -0.2) is 34.8 Å². The molecule has 6 nitrogen and oxygen atoms in total. The minimum Gasteiger partial charge on any atom is -0.338 e. The number of thiophene rings is 1. The van der Waals surface area contributed by atoms with Crippen LogP contribution in [0.15, 0.2) is 24.3 Å². The third-order valence-electron chi connectivity index (χ3n) is 6.03. The summed E-state index contributed by atoms with van der Waals surface area (Å²) in [6.07, 6.45) is 3.83. The smallest absolute Gasteiger partial charge is 0.266 e. The van der Waals surface area contributed by atoms with Gasteiger partial charge >= 0.3 is 0 Å². The lowest BCUT2D eigenvalue weighted by molar-refractivity contribution is -0.114. The molecule has 1 aromatic carbocycles. The van der Waals surface area contributed by atoms with Crippen molar-refractivity contribution >= 4 is 39.1 Å². The largest absolute Gasteiger partial charge is 0.338 e. The van der Waals surface area contributed by atoms with E-state index in [0.29, 0.717) is 22.5 Å². The number of nitriles is 1. The number of nitrogens with zero attached hydrogens (tertiary/aromatic N) is 3. The first-order valence-electron chi connectivity index (χ1n) is 10.9. The number of rotatable bonds is 4. The number of aromatic nitrogens is 1. The molecule has 0 unspecified atom stereocenters. The van der Waals surface area contributed by atoms with Crippen LogP contribution in [-0.2, 0) is 11.2 Å². The van der Waals surface area contributed by atoms with Gasteiger partial charge in [0, 0.05) is 31.1 Å². The number of hydrogen-bond donors (Lipinski definition) is 1. The zero-order valence-electron chi connectivity index (χ0n) is 18.6. The molecule has 32 heavy (non-hydrogen) atoms. The molecule has 1 fully saturated rings. The van der Waals surface area contributed by atoms with Crippen LogP contribution in [0, 0.1) is 25.2 Å². The van der Waals surface area contributed by atoms with E-state index in [2.05, 4.69) is 11.4 Å². The Morgan fingerprint density at radius 1 is 1.16 bits per heavy atom. The second kappa shape index (κ2) is 9.09. The van der Waals surface area contributed by atoms with Crippen molar-refractivity contribution in [1.82, 2.24) is 9.88 Å². The maximum Gasteiger partial charge on any atom is 0.266 e. The lowest BCUT2D eigenvalue weighted by Crippen LogP contribution is -2.35. The number of pyridine rings is 1. The van der Waals surface area contributed by atoms with E-state index >= 15 is 0 Å². The number of aryl methyl sites for hydroxylation is 2. The molecule has 3 aromatic rings. The fraction of sp³-hybridized carbons (Fsp3) is 0.360. The van der Waals surface area contributed by atoms with Crippen molar-refractivity contribution in [1.29, 1.82) is 5.26 Å². The summed E-state index contributed by atoms with van der Waals surface area (Å²) in [4.78, 5) is 33.4. The first kappa shape index (κ1) is 22.0. The van der Waals surface area contributed by atoms with Gasteiger partial charge in [-0.25, -0.2) is 4.98 Å². The van der Waals surface area contributed by atoms with Gasteiger partial charge in [-0.1, -0.05) is 12.1 Å². The molecule has 3 heterocycles. The van der Waals surface area contributed by atoms with E-state index in [1.54, 1.807) is 0 Å². The number of hydrogen-bond acceptors (Lipinski definition) is 5. The number of likely N-dealkylation sites (tertiary alicyclic amines) is 1. The highest BCUT2D eigenvalue weighted by Gasteiger charge is 2.27. The van der Waals surface area contributed by atoms with Gasteiger partial charge in [0.25, 0.3) is 5.91 Å². The van der Waals surface area contributed by atoms with E-state index in [1.807, 2.05) is 43.0 Å². The number of nitrogens with one attached hydrogen (secondary N) is 1. The van der Waals surface area contributed by atoms with Crippen molar-refractivity contribution in [3.05, 3.63) is 57.1 Å². The number of piperidine rings is 1. The molecule has 7 heteroatoms. The highest BCUT2D eigenvalue weighted by atomic mass is 32.1. The van der Waals surface area contributed by atoms with E-state index in [-0.39, 0.29) is 11.8 Å². The van der Waals surface area contributed by atoms with Crippen molar-refractivity contribution in [3.63, 3.8) is 0 Å². The number of carbonyl (C=O) groups excluding carboxylic acids is 2. The van der Waals surface area contributed by atoms with Crippen LogP contribution in [0.1, 0.15) is 63.8 Å². The van der Waals surface area contributed by atoms with Gasteiger partial charge < -0.3 is 10.2 Å². The summed E-state index contributed by atoms with van der Waals surface area (Å²) < 4.78 is 0. The van der Waals surface area contributed by atoms with E-state index < -0.39 is 0 Å². The van der Waals surface area contributed by atoms with Crippen molar-refractivity contribution < 1.29 is 9.59 Å². The van der Waals surface area contributed by atoms with Crippen LogP contribution < -0.4 is 5.32 Å². The SMILES string of the molecule is CC(=O)Nc1c(C(=O)N2CCCCC2)sc2nc(C)c(Cc3ccc(C#N)cc3)c(C)c12. The molecule has 2 amide bonds. The molecule has 0 radical (unpaired) electrons. The Kier molecular flexibility index (Phi) is 6.24. The molecule has 1 aliphatic rings. The molecular weight excluding hydrogens is 420 g/mol. The molecule has 1 saturated heterocycles. The number of anilines is 1. The van der Waals surface area contributed by atoms with Crippen LogP contribution in [0.4, 0.5) is 5.69 Å². The van der Waals surface area contributed by atoms with E-state index in [4.69, 9.17) is 10.2 Å². The minimum absolute atomic E-state index is 0.0258. The van der Waals surface area contributed by atoms with Crippen LogP contribution >= 0.6 is 11.3 Å². The van der Waals surface area contributed by atoms with Gasteiger partial charge in [0.2, 0.25) is 5.91 Å². The fourth-order valence-electron chi connectivity index (χ4n) is 4.34. The van der Waals surface area contributed by atoms with Crippen molar-refractivity contribution in [2.45, 2.75) is 46.5 Å². The predicted octanol–water partition coefficient (Wildman–Crippen LogP) is 4.96. The first-order chi connectivity index (χ1) is 15.4. The second-order valence-corrected chi connectivity index (χ2v) is 9.31. The van der Waals surface area contributed by atoms with Crippen LogP contribution in [0.3, 0.4) is 0 Å². The molecule has 164 valence electrons. The molecule has 2 aromatic heterocycles. The topological polar surface area (TPSA) is 86.1 Å². The maximum atomic E-state index is 13.3. The molecule has 4 rings (SSSR count). The minimum atomic E-state index is -0.203. The highest BCUT2D eigenvalue weighted by Crippen LogP contribution is 2.40. The Balaban J connectivity index is 1.81. The van der Waals surface area contributed by atoms with Gasteiger partial charge in [0.05, 0.1) is 17.3 Å². The number of carbonyl (C=O) groups is 2. The third kappa shape index (κ3) is 4.23. The molecule has 0 saturated carbocycles. The highest BCUT2D eigenvalue weighted by molar-refractivity contribution is 7.21. The van der Waals surface area contributed by atoms with Gasteiger partial charge in [0.15, 0.2) is 0 Å². The van der Waals surface area contributed by atoms with E-state index in [1.165, 1.54) is 18.3 Å². The molecule has 0 aliphatic carbocycles. The van der Waals surface area contributed by atoms with Crippen LogP contribution in [0.2, 0.25) is 0 Å². The van der Waals surface area contributed by atoms with Gasteiger partial charge in [-0.2, -0.15) is 5.26 Å². The fourth-order valence-corrected chi connectivity index (χ4v) is 5.54. The predicted molar refractivity (Wildman–Crippen MR) is 127 cm³/mol. The quantitative estimate of drug-likeness (QED) is 0.614. The molecule has 1 N–H and O–H groups in total. The van der Waals surface area contributed by atoms with Gasteiger partial charge in [-0.05, 0) is 68.4 Å². The van der Waals surface area contributed by atoms with Crippen molar-refractivity contribution in [2.24, 2.45) is 0 Å². The van der Waals surface area contributed by atoms with E-state index in [0.717, 1.165) is 65.0 Å². The molecule has 0 bridgehead atoms. The van der Waals surface area contributed by atoms with Crippen LogP contribution in [0.5, 0.6) is 0 Å². The summed E-state index contributed by atoms with van der Waals surface area (Å²) >= 11 is 1.36. The Hall–Kier alpha value is -3.24. The summed E-state index contributed by atoms with van der Waals surface area (Å²) in [6, 6.07) is 9.68. The number of benzene rings is 1. The summed E-state index contributed by atoms with van der Waals surface area (Å²) in [5.74, 6) is -0.229. The molecule has 0 atom stereocenters. The van der Waals surface area contributed by atoms with Crippen molar-refractivity contribution in [3.8, 4) is 6.07 Å². The standard InChI is InChI=1S/C25H26N4O2S/c1-15-20(13-18-7-9-19(14-26)10-8-18)16(2)27-24-21(15)22(28-17(3)30)23(32-24)25(31)29-11-5-4-6-12-29/h7-10H,4-6,11-13H2,1-3H3,(H,28,30). The molecular formula is C25H26N4O2S. The lowest BCUT2D eigenvalue weighted by atomic mass is 9.96. The average molecular weight is 447 g/mol. The summed E-state index contributed by atoms with van der Waals surface area (Å²) in [6.45, 7) is 6.98. The van der Waals surface area contributed by atoms with Gasteiger partial charge in [-0.15, -0.1) is 11.3 Å². The summed E-state index contributed by atoms with van der Waals surface area (Å²) in [5.41, 5.74) is 5.30. The van der Waals surface area contributed by atoms with Crippen molar-refractivity contribution in [2.75, 3.05) is 18.4 Å². The maximum absolute atomic E-state index is 13.3. The third-order valence-corrected chi connectivity index (χ3v) is 7.10. The Morgan fingerprint density at radius 2 is 1.84 bits per heavy atom. The Labute approximate surface area is 191 Å². The molecule has 0 spiro atoms. The Morgan fingerprint density at radius 3 is 2.47 bits per heavy atom. The number of amides is 2. The van der Waals surface area contributed by atoms with E-state index in [9.17, 15) is 9.59 Å².